The minimum Gasteiger partial charge on any atom is -0.494 e. The first-order valence-corrected chi connectivity index (χ1v) is 9.33. The van der Waals surface area contributed by atoms with Crippen LogP contribution in [0.25, 0.3) is 0 Å². The first-order chi connectivity index (χ1) is 13.7. The standard InChI is InChI=1S/C21H28N4O3.HI/c1-4-22-20(24-15-17-8-6-7-9-19(17)28-5-2)23-14-16-10-12-18(13-11-16)25-21(26)27-3;/h6-13H,4-5,14-15H2,1-3H3,(H,25,26)(H2,22,23,24);1H. The number of benzene rings is 2. The molecule has 0 fully saturated rings. The van der Waals surface area contributed by atoms with Crippen molar-refractivity contribution < 1.29 is 14.3 Å². The lowest BCUT2D eigenvalue weighted by molar-refractivity contribution is 0.187. The van der Waals surface area contributed by atoms with Gasteiger partial charge in [-0.1, -0.05) is 30.3 Å². The molecule has 0 heterocycles. The summed E-state index contributed by atoms with van der Waals surface area (Å²) in [5.74, 6) is 1.60. The maximum Gasteiger partial charge on any atom is 0.411 e. The highest BCUT2D eigenvalue weighted by Gasteiger charge is 2.04. The highest BCUT2D eigenvalue weighted by Crippen LogP contribution is 2.17. The first-order valence-electron chi connectivity index (χ1n) is 9.33. The van der Waals surface area contributed by atoms with Crippen LogP contribution in [0.4, 0.5) is 10.5 Å². The Morgan fingerprint density at radius 1 is 1.03 bits per heavy atom. The van der Waals surface area contributed by atoms with E-state index in [0.29, 0.717) is 25.4 Å². The monoisotopic (exact) mass is 512 g/mol. The number of halogens is 1. The van der Waals surface area contributed by atoms with E-state index in [2.05, 4.69) is 25.7 Å². The van der Waals surface area contributed by atoms with Gasteiger partial charge >= 0.3 is 6.09 Å². The number of hydrogen-bond donors (Lipinski definition) is 3. The molecule has 8 heteroatoms. The molecule has 29 heavy (non-hydrogen) atoms. The summed E-state index contributed by atoms with van der Waals surface area (Å²) in [5, 5.41) is 9.21. The van der Waals surface area contributed by atoms with Crippen molar-refractivity contribution in [1.29, 1.82) is 0 Å². The number of nitrogens with zero attached hydrogens (tertiary/aromatic N) is 1. The fourth-order valence-corrected chi connectivity index (χ4v) is 2.50. The van der Waals surface area contributed by atoms with Crippen LogP contribution < -0.4 is 20.7 Å². The van der Waals surface area contributed by atoms with Gasteiger partial charge in [0.25, 0.3) is 0 Å². The van der Waals surface area contributed by atoms with Crippen molar-refractivity contribution in [3.63, 3.8) is 0 Å². The third-order valence-electron chi connectivity index (χ3n) is 3.87. The number of hydrogen-bond acceptors (Lipinski definition) is 4. The van der Waals surface area contributed by atoms with E-state index in [1.807, 2.05) is 62.4 Å². The van der Waals surface area contributed by atoms with Crippen LogP contribution in [-0.4, -0.2) is 32.3 Å². The number of ether oxygens (including phenoxy) is 2. The van der Waals surface area contributed by atoms with Crippen LogP contribution in [0.15, 0.2) is 53.5 Å². The maximum atomic E-state index is 11.2. The van der Waals surface area contributed by atoms with Gasteiger partial charge in [-0.2, -0.15) is 0 Å². The van der Waals surface area contributed by atoms with Crippen LogP contribution in [0, 0.1) is 0 Å². The first kappa shape index (κ1) is 24.5. The van der Waals surface area contributed by atoms with Crippen molar-refractivity contribution in [2.75, 3.05) is 25.6 Å². The van der Waals surface area contributed by atoms with Crippen molar-refractivity contribution in [3.05, 3.63) is 59.7 Å². The zero-order valence-electron chi connectivity index (χ0n) is 17.0. The summed E-state index contributed by atoms with van der Waals surface area (Å²) in [5.41, 5.74) is 2.78. The van der Waals surface area contributed by atoms with Gasteiger partial charge in [0.05, 0.1) is 20.3 Å². The molecule has 0 bridgehead atoms. The second-order valence-corrected chi connectivity index (χ2v) is 5.90. The van der Waals surface area contributed by atoms with Crippen molar-refractivity contribution in [2.24, 2.45) is 4.99 Å². The second kappa shape index (κ2) is 13.6. The van der Waals surface area contributed by atoms with Crippen LogP contribution in [0.5, 0.6) is 5.75 Å². The number of rotatable bonds is 8. The Morgan fingerprint density at radius 3 is 2.41 bits per heavy atom. The van der Waals surface area contributed by atoms with Crippen LogP contribution in [0.3, 0.4) is 0 Å². The average Bonchev–Trinajstić information content (AvgIpc) is 2.72. The van der Waals surface area contributed by atoms with Crippen molar-refractivity contribution >= 4 is 41.7 Å². The van der Waals surface area contributed by atoms with Gasteiger partial charge in [0.15, 0.2) is 5.96 Å². The lowest BCUT2D eigenvalue weighted by atomic mass is 10.2. The van der Waals surface area contributed by atoms with Crippen molar-refractivity contribution in [3.8, 4) is 5.75 Å². The van der Waals surface area contributed by atoms with E-state index in [9.17, 15) is 4.79 Å². The fourth-order valence-electron chi connectivity index (χ4n) is 2.50. The number of aliphatic imine (C=N–C) groups is 1. The van der Waals surface area contributed by atoms with Crippen LogP contribution in [-0.2, 0) is 17.8 Å². The molecule has 0 aliphatic carbocycles. The molecular formula is C21H29IN4O3. The molecule has 1 amide bonds. The molecule has 158 valence electrons. The number of carbonyl (C=O) groups is 1. The number of guanidine groups is 1. The van der Waals surface area contributed by atoms with Gasteiger partial charge in [-0.25, -0.2) is 9.79 Å². The van der Waals surface area contributed by atoms with E-state index in [1.54, 1.807) is 0 Å². The van der Waals surface area contributed by atoms with Crippen molar-refractivity contribution in [2.45, 2.75) is 26.9 Å². The Labute approximate surface area is 189 Å². The number of anilines is 1. The van der Waals surface area contributed by atoms with Gasteiger partial charge in [0, 0.05) is 24.3 Å². The number of nitrogens with one attached hydrogen (secondary N) is 3. The molecule has 0 aliphatic rings. The summed E-state index contributed by atoms with van der Waals surface area (Å²) >= 11 is 0. The zero-order valence-corrected chi connectivity index (χ0v) is 19.4. The zero-order chi connectivity index (χ0) is 20.2. The maximum absolute atomic E-state index is 11.2. The van der Waals surface area contributed by atoms with Crippen molar-refractivity contribution in [1.82, 2.24) is 10.6 Å². The Bertz CT molecular complexity index is 782. The van der Waals surface area contributed by atoms with E-state index in [4.69, 9.17) is 4.74 Å². The number of para-hydroxylation sites is 1. The molecule has 2 aromatic carbocycles. The molecule has 0 saturated heterocycles. The topological polar surface area (TPSA) is 84.0 Å². The Balaban J connectivity index is 0.00000420. The molecule has 2 aromatic rings. The van der Waals surface area contributed by atoms with E-state index >= 15 is 0 Å². The Kier molecular flexibility index (Phi) is 11.6. The SMILES string of the molecule is CCNC(=NCc1ccc(NC(=O)OC)cc1)NCc1ccccc1OCC.I. The summed E-state index contributed by atoms with van der Waals surface area (Å²) in [6, 6.07) is 15.4. The summed E-state index contributed by atoms with van der Waals surface area (Å²) in [6.45, 7) is 6.53. The quantitative estimate of drug-likeness (QED) is 0.282. The minimum atomic E-state index is -0.489. The average molecular weight is 512 g/mol. The fraction of sp³-hybridized carbons (Fsp3) is 0.333. The third-order valence-corrected chi connectivity index (χ3v) is 3.87. The molecule has 3 N–H and O–H groups in total. The third kappa shape index (κ3) is 8.59. The number of carbonyl (C=O) groups excluding carboxylic acids is 1. The summed E-state index contributed by atoms with van der Waals surface area (Å²) in [7, 11) is 1.33. The van der Waals surface area contributed by atoms with E-state index < -0.39 is 6.09 Å². The highest BCUT2D eigenvalue weighted by molar-refractivity contribution is 14.0. The molecular weight excluding hydrogens is 483 g/mol. The van der Waals surface area contributed by atoms with Gasteiger partial charge in [-0.05, 0) is 37.6 Å². The van der Waals surface area contributed by atoms with Gasteiger partial charge in [-0.3, -0.25) is 5.32 Å². The molecule has 0 saturated carbocycles. The Hall–Kier alpha value is -2.49. The van der Waals surface area contributed by atoms with E-state index in [-0.39, 0.29) is 24.0 Å². The molecule has 0 unspecified atom stereocenters. The van der Waals surface area contributed by atoms with Gasteiger partial charge in [0.2, 0.25) is 0 Å². The van der Waals surface area contributed by atoms with Crippen LogP contribution in [0.2, 0.25) is 0 Å². The smallest absolute Gasteiger partial charge is 0.411 e. The predicted molar refractivity (Wildman–Crippen MR) is 127 cm³/mol. The number of amides is 1. The molecule has 0 atom stereocenters. The lowest BCUT2D eigenvalue weighted by Crippen LogP contribution is -2.36. The molecule has 2 rings (SSSR count). The van der Waals surface area contributed by atoms with Crippen LogP contribution in [0.1, 0.15) is 25.0 Å². The van der Waals surface area contributed by atoms with E-state index in [1.165, 1.54) is 7.11 Å². The van der Waals surface area contributed by atoms with Gasteiger partial charge in [0.1, 0.15) is 5.75 Å². The summed E-state index contributed by atoms with van der Waals surface area (Å²) < 4.78 is 10.2. The lowest BCUT2D eigenvalue weighted by Gasteiger charge is -2.14. The molecule has 0 spiro atoms. The molecule has 0 radical (unpaired) electrons. The molecule has 0 aromatic heterocycles. The van der Waals surface area contributed by atoms with Crippen LogP contribution >= 0.6 is 24.0 Å². The minimum absolute atomic E-state index is 0. The van der Waals surface area contributed by atoms with Gasteiger partial charge in [-0.15, -0.1) is 24.0 Å². The van der Waals surface area contributed by atoms with E-state index in [0.717, 1.165) is 29.4 Å². The largest absolute Gasteiger partial charge is 0.494 e. The Morgan fingerprint density at radius 2 is 1.76 bits per heavy atom. The number of methoxy groups -OCH3 is 1. The molecule has 7 nitrogen and oxygen atoms in total. The summed E-state index contributed by atoms with van der Waals surface area (Å²) in [6.07, 6.45) is -0.489. The normalized spacial score (nSPS) is 10.5. The van der Waals surface area contributed by atoms with Gasteiger partial charge < -0.3 is 20.1 Å². The highest BCUT2D eigenvalue weighted by atomic mass is 127. The predicted octanol–water partition coefficient (Wildman–Crippen LogP) is 4.14. The summed E-state index contributed by atoms with van der Waals surface area (Å²) in [4.78, 5) is 15.8. The second-order valence-electron chi connectivity index (χ2n) is 5.90. The molecule has 0 aliphatic heterocycles.